The maximum atomic E-state index is 12.2. The van der Waals surface area contributed by atoms with Crippen molar-refractivity contribution in [2.75, 3.05) is 26.7 Å². The quantitative estimate of drug-likeness (QED) is 0.412. The first-order valence-electron chi connectivity index (χ1n) is 9.92. The molecule has 0 aliphatic rings. The van der Waals surface area contributed by atoms with Crippen molar-refractivity contribution >= 4 is 31.8 Å². The molecule has 3 rings (SSSR count). The Bertz CT molecular complexity index is 1480. The molecule has 0 saturated heterocycles. The lowest BCUT2D eigenvalue weighted by Gasteiger charge is -2.22. The zero-order chi connectivity index (χ0) is 26.1. The second kappa shape index (κ2) is 9.84. The number of rotatable bonds is 8. The molecule has 3 aromatic carbocycles. The zero-order valence-corrected chi connectivity index (χ0v) is 21.8. The van der Waals surface area contributed by atoms with Crippen LogP contribution in [0.2, 0.25) is 5.02 Å². The molecule has 0 unspecified atom stereocenters. The van der Waals surface area contributed by atoms with Gasteiger partial charge in [-0.2, -0.15) is 16.8 Å². The van der Waals surface area contributed by atoms with E-state index in [1.807, 2.05) is 0 Å². The minimum Gasteiger partial charge on any atom is -0.504 e. The topological polar surface area (TPSA) is 125 Å². The number of halogens is 1. The average Bonchev–Trinajstić information content (AvgIpc) is 2.75. The van der Waals surface area contributed by atoms with E-state index in [0.29, 0.717) is 27.8 Å². The highest BCUT2D eigenvalue weighted by Crippen LogP contribution is 2.52. The maximum Gasteiger partial charge on any atom is 0.306 e. The standard InChI is InChI=1S/C23H23ClO9S2/c1-13-19(15-8-11-17(25)18(12-15)30-2)23(33-35(5,28)29)22(31-3)20(21(13)24)14-6-9-16(10-7-14)32-34(4,26)27/h6-12,25H,1-5H3. The maximum absolute atomic E-state index is 12.2. The van der Waals surface area contributed by atoms with Crippen LogP contribution in [-0.2, 0) is 20.2 Å². The van der Waals surface area contributed by atoms with Crippen LogP contribution in [0.5, 0.6) is 28.7 Å². The SMILES string of the molecule is COc1cc(-c2c(C)c(Cl)c(-c3ccc(OS(C)(=O)=O)cc3)c(OC)c2OS(C)(=O)=O)ccc1O. The third kappa shape index (κ3) is 5.92. The molecule has 0 heterocycles. The molecule has 0 saturated carbocycles. The van der Waals surface area contributed by atoms with Gasteiger partial charge in [0, 0.05) is 11.1 Å². The predicted molar refractivity (Wildman–Crippen MR) is 133 cm³/mol. The molecular weight excluding hydrogens is 520 g/mol. The van der Waals surface area contributed by atoms with Crippen LogP contribution in [0.4, 0.5) is 0 Å². The Kier molecular flexibility index (Phi) is 7.44. The fourth-order valence-corrected chi connectivity index (χ4v) is 4.72. The summed E-state index contributed by atoms with van der Waals surface area (Å²) in [5.41, 5.74) is 2.05. The number of aromatic hydroxyl groups is 1. The van der Waals surface area contributed by atoms with E-state index in [1.165, 1.54) is 38.5 Å². The summed E-state index contributed by atoms with van der Waals surface area (Å²) < 4.78 is 68.2. The van der Waals surface area contributed by atoms with E-state index < -0.39 is 20.2 Å². The van der Waals surface area contributed by atoms with Crippen LogP contribution in [0.1, 0.15) is 5.56 Å². The van der Waals surface area contributed by atoms with E-state index in [9.17, 15) is 21.9 Å². The molecule has 0 aromatic heterocycles. The summed E-state index contributed by atoms with van der Waals surface area (Å²) >= 11 is 6.77. The van der Waals surface area contributed by atoms with Gasteiger partial charge in [-0.15, -0.1) is 0 Å². The average molecular weight is 543 g/mol. The highest BCUT2D eigenvalue weighted by molar-refractivity contribution is 7.86. The lowest BCUT2D eigenvalue weighted by Crippen LogP contribution is -2.10. The lowest BCUT2D eigenvalue weighted by molar-refractivity contribution is 0.373. The monoisotopic (exact) mass is 542 g/mol. The summed E-state index contributed by atoms with van der Waals surface area (Å²) in [4.78, 5) is 0. The van der Waals surface area contributed by atoms with Gasteiger partial charge in [-0.25, -0.2) is 0 Å². The van der Waals surface area contributed by atoms with Gasteiger partial charge in [0.2, 0.25) is 0 Å². The minimum atomic E-state index is -4.01. The summed E-state index contributed by atoms with van der Waals surface area (Å²) in [5, 5.41) is 10.2. The zero-order valence-electron chi connectivity index (χ0n) is 19.4. The molecule has 0 aliphatic carbocycles. The molecular formula is C23H23ClO9S2. The van der Waals surface area contributed by atoms with Crippen molar-refractivity contribution in [2.45, 2.75) is 6.92 Å². The molecule has 0 bridgehead atoms. The first kappa shape index (κ1) is 26.5. The third-order valence-corrected chi connectivity index (χ3v) is 6.32. The number of benzene rings is 3. The Balaban J connectivity index is 2.34. The Hall–Kier alpha value is -3.15. The van der Waals surface area contributed by atoms with Crippen molar-refractivity contribution in [2.24, 2.45) is 0 Å². The van der Waals surface area contributed by atoms with Gasteiger partial charge in [0.25, 0.3) is 0 Å². The lowest BCUT2D eigenvalue weighted by atomic mass is 9.93. The summed E-state index contributed by atoms with van der Waals surface area (Å²) in [7, 11) is -5.01. The molecule has 1 N–H and O–H groups in total. The second-order valence-corrected chi connectivity index (χ2v) is 11.1. The summed E-state index contributed by atoms with van der Waals surface area (Å²) in [6, 6.07) is 10.4. The molecule has 0 atom stereocenters. The number of phenols is 1. The van der Waals surface area contributed by atoms with Gasteiger partial charge in [0.15, 0.2) is 23.0 Å². The Morgan fingerprint density at radius 1 is 0.771 bits per heavy atom. The van der Waals surface area contributed by atoms with Crippen molar-refractivity contribution in [3.05, 3.63) is 53.1 Å². The number of methoxy groups -OCH3 is 2. The van der Waals surface area contributed by atoms with E-state index in [0.717, 1.165) is 12.5 Å². The molecule has 0 radical (unpaired) electrons. The van der Waals surface area contributed by atoms with Crippen LogP contribution in [0.15, 0.2) is 42.5 Å². The molecule has 35 heavy (non-hydrogen) atoms. The molecule has 0 aliphatic heterocycles. The Labute approximate surface area is 209 Å². The predicted octanol–water partition coefficient (Wildman–Crippen LogP) is 4.38. The first-order valence-corrected chi connectivity index (χ1v) is 13.9. The van der Waals surface area contributed by atoms with Crippen molar-refractivity contribution in [1.82, 2.24) is 0 Å². The van der Waals surface area contributed by atoms with E-state index in [4.69, 9.17) is 29.4 Å². The molecule has 0 amide bonds. The molecule has 3 aromatic rings. The van der Waals surface area contributed by atoms with Crippen LogP contribution in [-0.4, -0.2) is 48.7 Å². The number of ether oxygens (including phenoxy) is 2. The van der Waals surface area contributed by atoms with E-state index in [-0.39, 0.29) is 33.8 Å². The van der Waals surface area contributed by atoms with Crippen molar-refractivity contribution < 1.29 is 39.8 Å². The van der Waals surface area contributed by atoms with Crippen molar-refractivity contribution in [1.29, 1.82) is 0 Å². The number of phenolic OH excluding ortho intramolecular Hbond substituents is 1. The van der Waals surface area contributed by atoms with Crippen LogP contribution in [0.3, 0.4) is 0 Å². The van der Waals surface area contributed by atoms with E-state index in [1.54, 1.807) is 25.1 Å². The van der Waals surface area contributed by atoms with Gasteiger partial charge in [0.1, 0.15) is 5.75 Å². The van der Waals surface area contributed by atoms with Crippen LogP contribution >= 0.6 is 11.6 Å². The number of hydrogen-bond donors (Lipinski definition) is 1. The molecule has 188 valence electrons. The van der Waals surface area contributed by atoms with Gasteiger partial charge in [0.05, 0.1) is 31.8 Å². The van der Waals surface area contributed by atoms with Crippen LogP contribution in [0.25, 0.3) is 22.3 Å². The largest absolute Gasteiger partial charge is 0.504 e. The highest BCUT2D eigenvalue weighted by Gasteiger charge is 2.28. The normalized spacial score (nSPS) is 11.7. The number of hydrogen-bond acceptors (Lipinski definition) is 9. The smallest absolute Gasteiger partial charge is 0.306 e. The van der Waals surface area contributed by atoms with E-state index >= 15 is 0 Å². The summed E-state index contributed by atoms with van der Waals surface area (Å²) in [6.45, 7) is 1.68. The van der Waals surface area contributed by atoms with Gasteiger partial charge in [-0.3, -0.25) is 0 Å². The van der Waals surface area contributed by atoms with Gasteiger partial charge in [-0.05, 0) is 47.9 Å². The Morgan fingerprint density at radius 2 is 1.34 bits per heavy atom. The summed E-state index contributed by atoms with van der Waals surface area (Å²) in [6.07, 6.45) is 1.82. The van der Waals surface area contributed by atoms with Crippen molar-refractivity contribution in [3.8, 4) is 51.0 Å². The molecule has 12 heteroatoms. The van der Waals surface area contributed by atoms with E-state index in [2.05, 4.69) is 0 Å². The Morgan fingerprint density at radius 3 is 1.86 bits per heavy atom. The van der Waals surface area contributed by atoms with Crippen LogP contribution < -0.4 is 17.8 Å². The molecule has 0 spiro atoms. The molecule has 0 fully saturated rings. The third-order valence-electron chi connectivity index (χ3n) is 4.88. The minimum absolute atomic E-state index is 0.0323. The van der Waals surface area contributed by atoms with Crippen molar-refractivity contribution in [3.63, 3.8) is 0 Å². The molecule has 9 nitrogen and oxygen atoms in total. The van der Waals surface area contributed by atoms with Gasteiger partial charge in [-0.1, -0.05) is 29.8 Å². The highest BCUT2D eigenvalue weighted by atomic mass is 35.5. The first-order chi connectivity index (χ1) is 16.3. The van der Waals surface area contributed by atoms with Gasteiger partial charge < -0.3 is 22.9 Å². The summed E-state index contributed by atoms with van der Waals surface area (Å²) in [5.74, 6) is 0.0582. The van der Waals surface area contributed by atoms with Gasteiger partial charge >= 0.3 is 20.2 Å². The van der Waals surface area contributed by atoms with Crippen LogP contribution in [0, 0.1) is 6.92 Å². The fourth-order valence-electron chi connectivity index (χ4n) is 3.51. The fraction of sp³-hybridized carbons (Fsp3) is 0.217. The second-order valence-electron chi connectivity index (χ2n) is 7.54.